The number of ether oxygens (including phenoxy) is 2. The lowest BCUT2D eigenvalue weighted by molar-refractivity contribution is -0.124. The van der Waals surface area contributed by atoms with Crippen molar-refractivity contribution in [2.24, 2.45) is 0 Å². The molecule has 1 heterocycles. The fourth-order valence-corrected chi connectivity index (χ4v) is 3.28. The van der Waals surface area contributed by atoms with Crippen molar-refractivity contribution >= 4 is 17.7 Å². The molecule has 29 heavy (non-hydrogen) atoms. The molecule has 0 spiro atoms. The molecule has 0 unspecified atom stereocenters. The number of esters is 1. The zero-order valence-electron chi connectivity index (χ0n) is 16.7. The van der Waals surface area contributed by atoms with Gasteiger partial charge in [0.2, 0.25) is 0 Å². The Labute approximate surface area is 170 Å². The number of carbonyl (C=O) groups is 3. The van der Waals surface area contributed by atoms with Gasteiger partial charge in [-0.15, -0.1) is 0 Å². The van der Waals surface area contributed by atoms with E-state index >= 15 is 0 Å². The number of ketones is 1. The zero-order chi connectivity index (χ0) is 20.8. The third-order valence-corrected chi connectivity index (χ3v) is 4.91. The largest absolute Gasteiger partial charge is 0.452 e. The molecule has 6 nitrogen and oxygen atoms in total. The Morgan fingerprint density at radius 1 is 1.07 bits per heavy atom. The Bertz CT molecular complexity index is 915. The maximum absolute atomic E-state index is 13.0. The highest BCUT2D eigenvalue weighted by atomic mass is 16.5. The van der Waals surface area contributed by atoms with Gasteiger partial charge in [0.15, 0.2) is 12.4 Å². The van der Waals surface area contributed by atoms with E-state index in [1.54, 1.807) is 24.3 Å². The van der Waals surface area contributed by atoms with Crippen molar-refractivity contribution in [3.05, 3.63) is 70.3 Å². The molecule has 0 bridgehead atoms. The molecule has 1 aliphatic heterocycles. The average molecular weight is 395 g/mol. The molecule has 0 aromatic heterocycles. The van der Waals surface area contributed by atoms with E-state index in [2.05, 4.69) is 5.32 Å². The van der Waals surface area contributed by atoms with E-state index in [9.17, 15) is 14.4 Å². The van der Waals surface area contributed by atoms with Crippen LogP contribution in [0.3, 0.4) is 0 Å². The minimum absolute atomic E-state index is 0.0190. The summed E-state index contributed by atoms with van der Waals surface area (Å²) in [5.74, 6) is -1.35. The predicted octanol–water partition coefficient (Wildman–Crippen LogP) is 2.99. The maximum atomic E-state index is 13.0. The second-order valence-corrected chi connectivity index (χ2v) is 7.21. The number of amides is 1. The van der Waals surface area contributed by atoms with Crippen LogP contribution in [0.4, 0.5) is 0 Å². The van der Waals surface area contributed by atoms with E-state index in [-0.39, 0.29) is 23.0 Å². The summed E-state index contributed by atoms with van der Waals surface area (Å²) in [6.45, 7) is 4.47. The van der Waals surface area contributed by atoms with Crippen LogP contribution < -0.4 is 5.32 Å². The third kappa shape index (κ3) is 5.29. The van der Waals surface area contributed by atoms with E-state index in [0.717, 1.165) is 24.0 Å². The molecule has 2 aromatic carbocycles. The molecule has 3 rings (SSSR count). The Balaban J connectivity index is 1.66. The van der Waals surface area contributed by atoms with E-state index in [4.69, 9.17) is 9.47 Å². The molecule has 1 saturated heterocycles. The van der Waals surface area contributed by atoms with Gasteiger partial charge in [0.05, 0.1) is 11.7 Å². The molecule has 2 aromatic rings. The second-order valence-electron chi connectivity index (χ2n) is 7.21. The highest BCUT2D eigenvalue weighted by Crippen LogP contribution is 2.19. The molecular formula is C23H25NO5. The number of hydrogen-bond donors (Lipinski definition) is 1. The zero-order valence-corrected chi connectivity index (χ0v) is 16.7. The monoisotopic (exact) mass is 395 g/mol. The number of carbonyl (C=O) groups excluding carboxylic acids is 3. The summed E-state index contributed by atoms with van der Waals surface area (Å²) in [7, 11) is 0. The van der Waals surface area contributed by atoms with Crippen molar-refractivity contribution in [2.45, 2.75) is 32.8 Å². The summed E-state index contributed by atoms with van der Waals surface area (Å²) < 4.78 is 10.6. The van der Waals surface area contributed by atoms with E-state index in [1.165, 1.54) is 6.07 Å². The van der Waals surface area contributed by atoms with Crippen molar-refractivity contribution in [3.63, 3.8) is 0 Å². The molecule has 0 aliphatic carbocycles. The first-order valence-electron chi connectivity index (χ1n) is 9.72. The summed E-state index contributed by atoms with van der Waals surface area (Å²) in [6.07, 6.45) is 1.92. The standard InChI is InChI=1S/C23H25NO5/c1-15-9-10-16(2)20(12-15)22(26)18-7-3-4-8-19(18)23(27)29-14-21(25)24-13-17-6-5-11-28-17/h3-4,7-10,12,17H,5-6,11,13-14H2,1-2H3,(H,24,25)/t17-/m1/s1. The summed E-state index contributed by atoms with van der Waals surface area (Å²) >= 11 is 0. The van der Waals surface area contributed by atoms with Gasteiger partial charge >= 0.3 is 5.97 Å². The topological polar surface area (TPSA) is 81.7 Å². The number of benzene rings is 2. The fraction of sp³-hybridized carbons (Fsp3) is 0.348. The lowest BCUT2D eigenvalue weighted by Gasteiger charge is -2.12. The molecule has 1 atom stereocenters. The molecule has 1 amide bonds. The molecular weight excluding hydrogens is 370 g/mol. The van der Waals surface area contributed by atoms with Crippen molar-refractivity contribution in [1.29, 1.82) is 0 Å². The van der Waals surface area contributed by atoms with Crippen LogP contribution in [-0.2, 0) is 14.3 Å². The molecule has 152 valence electrons. The Hall–Kier alpha value is -2.99. The Kier molecular flexibility index (Phi) is 6.77. The van der Waals surface area contributed by atoms with Crippen LogP contribution in [0.2, 0.25) is 0 Å². The van der Waals surface area contributed by atoms with Gasteiger partial charge in [0.1, 0.15) is 0 Å². The van der Waals surface area contributed by atoms with Gasteiger partial charge in [-0.2, -0.15) is 0 Å². The van der Waals surface area contributed by atoms with Crippen molar-refractivity contribution in [1.82, 2.24) is 5.32 Å². The second kappa shape index (κ2) is 9.47. The molecule has 0 radical (unpaired) electrons. The van der Waals surface area contributed by atoms with Crippen LogP contribution >= 0.6 is 0 Å². The van der Waals surface area contributed by atoms with Crippen LogP contribution in [-0.4, -0.2) is 43.5 Å². The minimum atomic E-state index is -0.702. The van der Waals surface area contributed by atoms with E-state index in [1.807, 2.05) is 26.0 Å². The molecule has 6 heteroatoms. The number of hydrogen-bond acceptors (Lipinski definition) is 5. The van der Waals surface area contributed by atoms with Crippen LogP contribution in [0, 0.1) is 13.8 Å². The quantitative estimate of drug-likeness (QED) is 0.576. The van der Waals surface area contributed by atoms with Gasteiger partial charge < -0.3 is 14.8 Å². The first-order chi connectivity index (χ1) is 14.0. The number of aryl methyl sites for hydroxylation is 2. The van der Waals surface area contributed by atoms with Crippen LogP contribution in [0.1, 0.15) is 50.2 Å². The summed E-state index contributed by atoms with van der Waals surface area (Å²) in [4.78, 5) is 37.5. The lowest BCUT2D eigenvalue weighted by atomic mass is 9.94. The molecule has 1 aliphatic rings. The summed E-state index contributed by atoms with van der Waals surface area (Å²) in [5.41, 5.74) is 2.73. The van der Waals surface area contributed by atoms with Crippen LogP contribution in [0.25, 0.3) is 0 Å². The van der Waals surface area contributed by atoms with Gasteiger partial charge in [0.25, 0.3) is 5.91 Å². The smallest absolute Gasteiger partial charge is 0.339 e. The Morgan fingerprint density at radius 2 is 1.83 bits per heavy atom. The fourth-order valence-electron chi connectivity index (χ4n) is 3.28. The summed E-state index contributed by atoms with van der Waals surface area (Å²) in [5, 5.41) is 2.70. The highest BCUT2D eigenvalue weighted by molar-refractivity contribution is 6.15. The third-order valence-electron chi connectivity index (χ3n) is 4.91. The van der Waals surface area contributed by atoms with Crippen molar-refractivity contribution < 1.29 is 23.9 Å². The number of nitrogens with one attached hydrogen (secondary N) is 1. The van der Waals surface area contributed by atoms with Gasteiger partial charge in [-0.25, -0.2) is 4.79 Å². The Morgan fingerprint density at radius 3 is 2.55 bits per heavy atom. The van der Waals surface area contributed by atoms with E-state index in [0.29, 0.717) is 18.7 Å². The minimum Gasteiger partial charge on any atom is -0.452 e. The van der Waals surface area contributed by atoms with Gasteiger partial charge in [0, 0.05) is 24.3 Å². The van der Waals surface area contributed by atoms with Crippen molar-refractivity contribution in [3.8, 4) is 0 Å². The predicted molar refractivity (Wildman–Crippen MR) is 108 cm³/mol. The van der Waals surface area contributed by atoms with E-state index < -0.39 is 18.5 Å². The molecule has 0 saturated carbocycles. The highest BCUT2D eigenvalue weighted by Gasteiger charge is 2.21. The van der Waals surface area contributed by atoms with Crippen LogP contribution in [0.15, 0.2) is 42.5 Å². The van der Waals surface area contributed by atoms with Gasteiger partial charge in [-0.3, -0.25) is 9.59 Å². The maximum Gasteiger partial charge on any atom is 0.339 e. The SMILES string of the molecule is Cc1ccc(C)c(C(=O)c2ccccc2C(=O)OCC(=O)NC[C@H]2CCCO2)c1. The van der Waals surface area contributed by atoms with Crippen molar-refractivity contribution in [2.75, 3.05) is 19.8 Å². The number of rotatable bonds is 7. The van der Waals surface area contributed by atoms with Crippen LogP contribution in [0.5, 0.6) is 0 Å². The molecule has 1 N–H and O–H groups in total. The summed E-state index contributed by atoms with van der Waals surface area (Å²) in [6, 6.07) is 12.1. The normalized spacial score (nSPS) is 15.7. The average Bonchev–Trinajstić information content (AvgIpc) is 3.25. The van der Waals surface area contributed by atoms with Gasteiger partial charge in [-0.05, 0) is 44.4 Å². The first-order valence-corrected chi connectivity index (χ1v) is 9.72. The first kappa shape index (κ1) is 20.7. The molecule has 1 fully saturated rings. The lowest BCUT2D eigenvalue weighted by Crippen LogP contribution is -2.35. The van der Waals surface area contributed by atoms with Gasteiger partial charge in [-0.1, -0.05) is 35.9 Å².